The number of ether oxygens (including phenoxy) is 2. The maximum absolute atomic E-state index is 13.6. The molecule has 21 heavy (non-hydrogen) atoms. The van der Waals surface area contributed by atoms with Gasteiger partial charge in [0.05, 0.1) is 9.85 Å². The fourth-order valence-electron chi connectivity index (χ4n) is 2.12. The summed E-state index contributed by atoms with van der Waals surface area (Å²) in [4.78, 5) is -0.271. The highest BCUT2D eigenvalue weighted by atomic mass is 79.9. The Morgan fingerprint density at radius 2 is 1.67 bits per heavy atom. The molecule has 6 heteroatoms. The molecule has 0 aromatic heterocycles. The lowest BCUT2D eigenvalue weighted by Gasteiger charge is -2.21. The van der Waals surface area contributed by atoms with Crippen LogP contribution in [0.3, 0.4) is 0 Å². The molecule has 0 amide bonds. The fourth-order valence-corrected chi connectivity index (χ4v) is 3.30. The Morgan fingerprint density at radius 3 is 2.33 bits per heavy atom. The van der Waals surface area contributed by atoms with Gasteiger partial charge in [-0.25, -0.2) is 4.39 Å². The summed E-state index contributed by atoms with van der Waals surface area (Å²) in [5.74, 6) is 0.795. The van der Waals surface area contributed by atoms with Crippen molar-refractivity contribution in [2.24, 2.45) is 0 Å². The minimum absolute atomic E-state index is 0.0896. The number of hydrogen-bond acceptors (Lipinski definition) is 2. The lowest BCUT2D eigenvalue weighted by atomic mass is 10.0. The topological polar surface area (TPSA) is 18.5 Å². The van der Waals surface area contributed by atoms with Gasteiger partial charge in [-0.2, -0.15) is 0 Å². The van der Waals surface area contributed by atoms with Crippen LogP contribution in [-0.2, 0) is 0 Å². The molecule has 2 nitrogen and oxygen atoms in total. The van der Waals surface area contributed by atoms with Crippen molar-refractivity contribution in [2.45, 2.75) is 4.83 Å². The molecule has 0 aliphatic carbocycles. The summed E-state index contributed by atoms with van der Waals surface area (Å²) in [5, 5.41) is 0.614. The molecule has 0 saturated carbocycles. The van der Waals surface area contributed by atoms with Gasteiger partial charge in [0, 0.05) is 11.1 Å². The van der Waals surface area contributed by atoms with Gasteiger partial charge >= 0.3 is 0 Å². The zero-order chi connectivity index (χ0) is 15.0. The zero-order valence-corrected chi connectivity index (χ0v) is 13.8. The van der Waals surface area contributed by atoms with Crippen LogP contribution in [0.15, 0.2) is 30.3 Å². The van der Waals surface area contributed by atoms with E-state index in [1.807, 2.05) is 6.07 Å². The van der Waals surface area contributed by atoms with Crippen molar-refractivity contribution in [3.8, 4) is 11.5 Å². The van der Waals surface area contributed by atoms with Crippen molar-refractivity contribution in [1.82, 2.24) is 0 Å². The molecule has 2 aromatic rings. The Labute approximate surface area is 139 Å². The highest BCUT2D eigenvalue weighted by Gasteiger charge is 2.21. The van der Waals surface area contributed by atoms with Crippen LogP contribution in [0.4, 0.5) is 4.39 Å². The second-order valence-corrected chi connectivity index (χ2v) is 6.28. The molecule has 0 radical (unpaired) electrons. The second-order valence-electron chi connectivity index (χ2n) is 4.55. The van der Waals surface area contributed by atoms with Crippen LogP contribution in [-0.4, -0.2) is 13.2 Å². The number of hydrogen-bond donors (Lipinski definition) is 0. The fraction of sp³-hybridized carbons (Fsp3) is 0.200. The Kier molecular flexibility index (Phi) is 4.29. The van der Waals surface area contributed by atoms with Crippen molar-refractivity contribution in [1.29, 1.82) is 0 Å². The summed E-state index contributed by atoms with van der Waals surface area (Å²) in [6.07, 6.45) is 0. The largest absolute Gasteiger partial charge is 0.486 e. The first-order valence-corrected chi connectivity index (χ1v) is 7.91. The van der Waals surface area contributed by atoms with Gasteiger partial charge in [-0.15, -0.1) is 0 Å². The SMILES string of the molecule is Fc1cc(C(Br)c2cc3c(cc2Cl)OCCO3)ccc1Cl. The van der Waals surface area contributed by atoms with E-state index in [0.717, 1.165) is 11.1 Å². The summed E-state index contributed by atoms with van der Waals surface area (Å²) >= 11 is 15.5. The summed E-state index contributed by atoms with van der Waals surface area (Å²) in [6, 6.07) is 8.17. The first-order valence-electron chi connectivity index (χ1n) is 6.24. The first kappa shape index (κ1) is 14.9. The predicted octanol–water partition coefficient (Wildman–Crippen LogP) is 5.39. The van der Waals surface area contributed by atoms with E-state index >= 15 is 0 Å². The normalized spacial score (nSPS) is 14.9. The van der Waals surface area contributed by atoms with Crippen LogP contribution in [0.2, 0.25) is 10.0 Å². The van der Waals surface area contributed by atoms with E-state index in [1.165, 1.54) is 12.1 Å². The summed E-state index contributed by atoms with van der Waals surface area (Å²) < 4.78 is 24.6. The minimum atomic E-state index is -0.465. The Morgan fingerprint density at radius 1 is 1.00 bits per heavy atom. The molecule has 3 rings (SSSR count). The van der Waals surface area contributed by atoms with Crippen molar-refractivity contribution in [3.05, 3.63) is 57.3 Å². The highest BCUT2D eigenvalue weighted by molar-refractivity contribution is 9.09. The monoisotopic (exact) mass is 390 g/mol. The number of rotatable bonds is 2. The molecule has 0 saturated heterocycles. The van der Waals surface area contributed by atoms with Gasteiger partial charge < -0.3 is 9.47 Å². The Balaban J connectivity index is 2.00. The molecule has 110 valence electrons. The van der Waals surface area contributed by atoms with Crippen molar-refractivity contribution < 1.29 is 13.9 Å². The number of fused-ring (bicyclic) bond motifs is 1. The first-order chi connectivity index (χ1) is 10.1. The standard InChI is InChI=1S/C15H10BrCl2FO2/c16-15(8-1-2-10(17)12(19)5-8)9-6-13-14(7-11(9)18)21-4-3-20-13/h1-2,5-7,15H,3-4H2. The van der Waals surface area contributed by atoms with E-state index in [2.05, 4.69) is 15.9 Å². The van der Waals surface area contributed by atoms with E-state index in [9.17, 15) is 4.39 Å². The molecule has 0 fully saturated rings. The second kappa shape index (κ2) is 6.03. The lowest BCUT2D eigenvalue weighted by Crippen LogP contribution is -2.15. The van der Waals surface area contributed by atoms with E-state index in [0.29, 0.717) is 29.7 Å². The third-order valence-electron chi connectivity index (χ3n) is 3.17. The Hall–Kier alpha value is -0.970. The van der Waals surface area contributed by atoms with E-state index in [-0.39, 0.29) is 9.85 Å². The molecular weight excluding hydrogens is 382 g/mol. The lowest BCUT2D eigenvalue weighted by molar-refractivity contribution is 0.171. The quantitative estimate of drug-likeness (QED) is 0.639. The maximum atomic E-state index is 13.6. The summed E-state index contributed by atoms with van der Waals surface area (Å²) in [7, 11) is 0. The molecule has 1 aliphatic heterocycles. The average molecular weight is 392 g/mol. The van der Waals surface area contributed by atoms with E-state index in [1.54, 1.807) is 12.1 Å². The molecule has 0 bridgehead atoms. The van der Waals surface area contributed by atoms with Crippen molar-refractivity contribution in [2.75, 3.05) is 13.2 Å². The zero-order valence-electron chi connectivity index (χ0n) is 10.7. The number of halogens is 4. The summed E-state index contributed by atoms with van der Waals surface area (Å²) in [6.45, 7) is 0.999. The van der Waals surface area contributed by atoms with Gasteiger partial charge in [0.2, 0.25) is 0 Å². The molecule has 1 atom stereocenters. The molecular formula is C15H10BrCl2FO2. The minimum Gasteiger partial charge on any atom is -0.486 e. The molecule has 1 aliphatic rings. The highest BCUT2D eigenvalue weighted by Crippen LogP contribution is 2.42. The smallest absolute Gasteiger partial charge is 0.162 e. The molecule has 1 unspecified atom stereocenters. The molecule has 0 spiro atoms. The van der Waals surface area contributed by atoms with Gasteiger partial charge in [0.1, 0.15) is 19.0 Å². The predicted molar refractivity (Wildman–Crippen MR) is 84.6 cm³/mol. The van der Waals surface area contributed by atoms with E-state index < -0.39 is 5.82 Å². The van der Waals surface area contributed by atoms with Gasteiger partial charge in [0.25, 0.3) is 0 Å². The average Bonchev–Trinajstić information content (AvgIpc) is 2.48. The van der Waals surface area contributed by atoms with Crippen molar-refractivity contribution >= 4 is 39.1 Å². The van der Waals surface area contributed by atoms with Gasteiger partial charge in [-0.1, -0.05) is 45.2 Å². The summed E-state index contributed by atoms with van der Waals surface area (Å²) in [5.41, 5.74) is 1.50. The van der Waals surface area contributed by atoms with Gasteiger partial charge in [-0.05, 0) is 29.3 Å². The number of alkyl halides is 1. The molecule has 2 aromatic carbocycles. The number of benzene rings is 2. The molecule has 1 heterocycles. The van der Waals surface area contributed by atoms with Crippen LogP contribution >= 0.6 is 39.1 Å². The van der Waals surface area contributed by atoms with Crippen LogP contribution in [0.1, 0.15) is 16.0 Å². The van der Waals surface area contributed by atoms with Crippen LogP contribution in [0, 0.1) is 5.82 Å². The maximum Gasteiger partial charge on any atom is 0.162 e. The van der Waals surface area contributed by atoms with Crippen molar-refractivity contribution in [3.63, 3.8) is 0 Å². The van der Waals surface area contributed by atoms with Crippen LogP contribution < -0.4 is 9.47 Å². The third-order valence-corrected chi connectivity index (χ3v) is 4.83. The molecule has 0 N–H and O–H groups in total. The van der Waals surface area contributed by atoms with E-state index in [4.69, 9.17) is 32.7 Å². The van der Waals surface area contributed by atoms with Gasteiger partial charge in [-0.3, -0.25) is 0 Å². The van der Waals surface area contributed by atoms with Gasteiger partial charge in [0.15, 0.2) is 11.5 Å². The van der Waals surface area contributed by atoms with Crippen LogP contribution in [0.25, 0.3) is 0 Å². The Bertz CT molecular complexity index is 694. The van der Waals surface area contributed by atoms with Crippen LogP contribution in [0.5, 0.6) is 11.5 Å². The third kappa shape index (κ3) is 2.98.